The van der Waals surface area contributed by atoms with Crippen LogP contribution in [0.25, 0.3) is 0 Å². The Labute approximate surface area is 113 Å². The summed E-state index contributed by atoms with van der Waals surface area (Å²) in [5.74, 6) is 1.08. The number of nitrogens with one attached hydrogen (secondary N) is 1. The minimum Gasteiger partial charge on any atom is -0.469 e. The SMILES string of the molecule is CCCNC(CCc1ccco1)c1sccc1C. The van der Waals surface area contributed by atoms with Crippen molar-refractivity contribution in [1.29, 1.82) is 0 Å². The molecule has 0 radical (unpaired) electrons. The Bertz CT molecular complexity index is 447. The minimum absolute atomic E-state index is 0.454. The molecular formula is C15H21NOS. The van der Waals surface area contributed by atoms with Crippen molar-refractivity contribution < 1.29 is 4.42 Å². The predicted octanol–water partition coefficient (Wildman–Crippen LogP) is 4.32. The fraction of sp³-hybridized carbons (Fsp3) is 0.467. The summed E-state index contributed by atoms with van der Waals surface area (Å²) in [6.45, 7) is 5.47. The summed E-state index contributed by atoms with van der Waals surface area (Å²) in [6, 6.07) is 6.67. The van der Waals surface area contributed by atoms with Crippen molar-refractivity contribution in [3.8, 4) is 0 Å². The van der Waals surface area contributed by atoms with Gasteiger partial charge in [0.05, 0.1) is 6.26 Å². The summed E-state index contributed by atoms with van der Waals surface area (Å²) < 4.78 is 5.41. The van der Waals surface area contributed by atoms with Gasteiger partial charge in [0.15, 0.2) is 0 Å². The Morgan fingerprint density at radius 1 is 1.39 bits per heavy atom. The van der Waals surface area contributed by atoms with E-state index >= 15 is 0 Å². The molecule has 1 unspecified atom stereocenters. The van der Waals surface area contributed by atoms with Crippen molar-refractivity contribution in [2.24, 2.45) is 0 Å². The molecule has 3 heteroatoms. The van der Waals surface area contributed by atoms with Gasteiger partial charge in [-0.2, -0.15) is 0 Å². The molecule has 2 heterocycles. The summed E-state index contributed by atoms with van der Waals surface area (Å²) in [4.78, 5) is 1.47. The second-order valence-corrected chi connectivity index (χ2v) is 5.54. The van der Waals surface area contributed by atoms with Gasteiger partial charge in [-0.3, -0.25) is 0 Å². The topological polar surface area (TPSA) is 25.2 Å². The van der Waals surface area contributed by atoms with Gasteiger partial charge >= 0.3 is 0 Å². The molecule has 0 bridgehead atoms. The lowest BCUT2D eigenvalue weighted by Crippen LogP contribution is -2.22. The molecule has 0 aliphatic carbocycles. The molecule has 0 amide bonds. The first-order valence-electron chi connectivity index (χ1n) is 6.61. The normalized spacial score (nSPS) is 12.8. The van der Waals surface area contributed by atoms with Gasteiger partial charge in [-0.15, -0.1) is 11.3 Å². The molecule has 1 N–H and O–H groups in total. The molecule has 0 saturated heterocycles. The lowest BCUT2D eigenvalue weighted by Gasteiger charge is -2.17. The molecule has 18 heavy (non-hydrogen) atoms. The maximum absolute atomic E-state index is 5.41. The zero-order valence-electron chi connectivity index (χ0n) is 11.1. The van der Waals surface area contributed by atoms with E-state index in [1.807, 2.05) is 17.4 Å². The molecule has 0 aliphatic rings. The van der Waals surface area contributed by atoms with Crippen LogP contribution in [0.1, 0.15) is 42.0 Å². The molecule has 0 saturated carbocycles. The highest BCUT2D eigenvalue weighted by Crippen LogP contribution is 2.27. The number of thiophene rings is 1. The molecule has 2 aromatic rings. The van der Waals surface area contributed by atoms with Crippen molar-refractivity contribution in [1.82, 2.24) is 5.32 Å². The Balaban J connectivity index is 1.99. The van der Waals surface area contributed by atoms with Crippen LogP contribution in [0.3, 0.4) is 0 Å². The van der Waals surface area contributed by atoms with Gasteiger partial charge in [0, 0.05) is 17.3 Å². The number of hydrogen-bond donors (Lipinski definition) is 1. The third-order valence-corrected chi connectivity index (χ3v) is 4.25. The highest BCUT2D eigenvalue weighted by molar-refractivity contribution is 7.10. The zero-order valence-corrected chi connectivity index (χ0v) is 11.9. The van der Waals surface area contributed by atoms with Crippen molar-refractivity contribution in [2.75, 3.05) is 6.54 Å². The van der Waals surface area contributed by atoms with Gasteiger partial charge in [-0.25, -0.2) is 0 Å². The smallest absolute Gasteiger partial charge is 0.103 e. The van der Waals surface area contributed by atoms with E-state index in [-0.39, 0.29) is 0 Å². The molecule has 0 spiro atoms. The Morgan fingerprint density at radius 2 is 2.28 bits per heavy atom. The molecule has 0 fully saturated rings. The van der Waals surface area contributed by atoms with Crippen LogP contribution in [-0.4, -0.2) is 6.54 Å². The van der Waals surface area contributed by atoms with Crippen LogP contribution < -0.4 is 5.32 Å². The predicted molar refractivity (Wildman–Crippen MR) is 77.1 cm³/mol. The summed E-state index contributed by atoms with van der Waals surface area (Å²) in [7, 11) is 0. The summed E-state index contributed by atoms with van der Waals surface area (Å²) in [6.07, 6.45) is 5.00. The molecule has 2 nitrogen and oxygen atoms in total. The third kappa shape index (κ3) is 3.47. The van der Waals surface area contributed by atoms with Crippen LogP contribution >= 0.6 is 11.3 Å². The van der Waals surface area contributed by atoms with Crippen LogP contribution in [0.4, 0.5) is 0 Å². The summed E-state index contributed by atoms with van der Waals surface area (Å²) in [5, 5.41) is 5.82. The zero-order chi connectivity index (χ0) is 12.8. The first-order valence-corrected chi connectivity index (χ1v) is 7.49. The molecule has 98 valence electrons. The van der Waals surface area contributed by atoms with Crippen LogP contribution in [0.15, 0.2) is 34.3 Å². The molecule has 2 aromatic heterocycles. The largest absolute Gasteiger partial charge is 0.469 e. The number of furan rings is 1. The van der Waals surface area contributed by atoms with Crippen molar-refractivity contribution >= 4 is 11.3 Å². The lowest BCUT2D eigenvalue weighted by atomic mass is 10.1. The van der Waals surface area contributed by atoms with Gasteiger partial charge in [-0.1, -0.05) is 6.92 Å². The van der Waals surface area contributed by atoms with E-state index in [1.165, 1.54) is 16.9 Å². The second kappa shape index (κ2) is 6.76. The molecule has 1 atom stereocenters. The van der Waals surface area contributed by atoms with E-state index < -0.39 is 0 Å². The van der Waals surface area contributed by atoms with Crippen molar-refractivity contribution in [3.63, 3.8) is 0 Å². The van der Waals surface area contributed by atoms with E-state index in [4.69, 9.17) is 4.42 Å². The standard InChI is InChI=1S/C15H21NOS/c1-3-9-16-14(15-12(2)8-11-18-15)7-6-13-5-4-10-17-13/h4-5,8,10-11,14,16H,3,6-7,9H2,1-2H3. The van der Waals surface area contributed by atoms with E-state index in [0.29, 0.717) is 6.04 Å². The van der Waals surface area contributed by atoms with Gasteiger partial charge < -0.3 is 9.73 Å². The van der Waals surface area contributed by atoms with E-state index in [9.17, 15) is 0 Å². The quantitative estimate of drug-likeness (QED) is 0.804. The van der Waals surface area contributed by atoms with Crippen LogP contribution in [0.2, 0.25) is 0 Å². The molecular weight excluding hydrogens is 242 g/mol. The van der Waals surface area contributed by atoms with Crippen LogP contribution in [0.5, 0.6) is 0 Å². The maximum atomic E-state index is 5.41. The highest BCUT2D eigenvalue weighted by Gasteiger charge is 2.14. The number of hydrogen-bond acceptors (Lipinski definition) is 3. The molecule has 2 rings (SSSR count). The number of aryl methyl sites for hydroxylation is 2. The Hall–Kier alpha value is -1.06. The first kappa shape index (κ1) is 13.4. The van der Waals surface area contributed by atoms with E-state index in [1.54, 1.807) is 6.26 Å². The summed E-state index contributed by atoms with van der Waals surface area (Å²) >= 11 is 1.85. The van der Waals surface area contributed by atoms with Crippen LogP contribution in [0, 0.1) is 6.92 Å². The van der Waals surface area contributed by atoms with Gasteiger partial charge in [0.25, 0.3) is 0 Å². The fourth-order valence-electron chi connectivity index (χ4n) is 2.13. The lowest BCUT2D eigenvalue weighted by molar-refractivity contribution is 0.455. The molecule has 0 aliphatic heterocycles. The van der Waals surface area contributed by atoms with Crippen molar-refractivity contribution in [2.45, 2.75) is 39.2 Å². The van der Waals surface area contributed by atoms with E-state index in [0.717, 1.165) is 25.1 Å². The van der Waals surface area contributed by atoms with Gasteiger partial charge in [0.2, 0.25) is 0 Å². The van der Waals surface area contributed by atoms with Crippen molar-refractivity contribution in [3.05, 3.63) is 46.0 Å². The number of rotatable bonds is 7. The van der Waals surface area contributed by atoms with E-state index in [2.05, 4.69) is 36.7 Å². The third-order valence-electron chi connectivity index (χ3n) is 3.12. The molecule has 0 aromatic carbocycles. The fourth-order valence-corrected chi connectivity index (χ4v) is 3.17. The second-order valence-electron chi connectivity index (χ2n) is 4.59. The monoisotopic (exact) mass is 263 g/mol. The van der Waals surface area contributed by atoms with Crippen LogP contribution in [-0.2, 0) is 6.42 Å². The van der Waals surface area contributed by atoms with Gasteiger partial charge in [-0.05, 0) is 55.5 Å². The average Bonchev–Trinajstić information content (AvgIpc) is 3.01. The highest BCUT2D eigenvalue weighted by atomic mass is 32.1. The Kier molecular flexibility index (Phi) is 5.02. The summed E-state index contributed by atoms with van der Waals surface area (Å²) in [5.41, 5.74) is 1.40. The van der Waals surface area contributed by atoms with Gasteiger partial charge in [0.1, 0.15) is 5.76 Å². The minimum atomic E-state index is 0.454. The average molecular weight is 263 g/mol. The Morgan fingerprint density at radius 3 is 2.89 bits per heavy atom. The first-order chi connectivity index (χ1) is 8.81. The maximum Gasteiger partial charge on any atom is 0.103 e.